The van der Waals surface area contributed by atoms with Gasteiger partial charge in [0.15, 0.2) is 58.1 Å². The number of hydrogen-bond acceptors (Lipinski definition) is 22. The normalized spacial score (nSPS) is 21.3. The average molecular weight is 783 g/mol. The summed E-state index contributed by atoms with van der Waals surface area (Å²) in [4.78, 5) is 55.4. The molecule has 0 saturated carbocycles. The Kier molecular flexibility index (Phi) is 7.50. The number of fused-ring (bicyclic) bond motifs is 5. The van der Waals surface area contributed by atoms with Crippen molar-refractivity contribution in [2.24, 2.45) is 0 Å². The van der Waals surface area contributed by atoms with E-state index in [1.165, 1.54) is 0 Å². The number of aromatic hydroxyl groups is 10. The summed E-state index contributed by atoms with van der Waals surface area (Å²) in [6.07, 6.45) is -10.9. The van der Waals surface area contributed by atoms with E-state index in [0.717, 1.165) is 0 Å². The first-order chi connectivity index (χ1) is 26.4. The lowest BCUT2D eigenvalue weighted by Gasteiger charge is -2.40. The minimum absolute atomic E-state index is 0.424. The average Bonchev–Trinajstić information content (AvgIpc) is 3.15. The number of benzene rings is 4. The molecule has 6 aromatic rings. The summed E-state index contributed by atoms with van der Waals surface area (Å²) in [5, 5.41) is 137. The van der Waals surface area contributed by atoms with Gasteiger partial charge in [-0.05, 0) is 12.1 Å². The number of phenolic OH excluding ortho intramolecular Hbond substituents is 10. The van der Waals surface area contributed by atoms with Gasteiger partial charge in [-0.15, -0.1) is 0 Å². The molecule has 290 valence electrons. The minimum atomic E-state index is -2.28. The van der Waals surface area contributed by atoms with Gasteiger partial charge in [-0.2, -0.15) is 0 Å². The predicted octanol–water partition coefficient (Wildman–Crippen LogP) is 0.0152. The van der Waals surface area contributed by atoms with Gasteiger partial charge in [0.2, 0.25) is 23.0 Å². The van der Waals surface area contributed by atoms with Gasteiger partial charge in [0.05, 0.1) is 21.9 Å². The van der Waals surface area contributed by atoms with E-state index in [-0.39, 0.29) is 0 Å². The van der Waals surface area contributed by atoms with Gasteiger partial charge in [0, 0.05) is 33.0 Å². The van der Waals surface area contributed by atoms with Gasteiger partial charge in [-0.3, -0.25) is 0 Å². The van der Waals surface area contributed by atoms with Crippen LogP contribution < -0.4 is 11.3 Å². The first-order valence-electron chi connectivity index (χ1n) is 15.7. The molecule has 0 amide bonds. The van der Waals surface area contributed by atoms with Crippen molar-refractivity contribution in [2.45, 2.75) is 30.7 Å². The molecule has 6 bridgehead atoms. The van der Waals surface area contributed by atoms with Crippen molar-refractivity contribution in [3.63, 3.8) is 0 Å². The Morgan fingerprint density at radius 2 is 0.929 bits per heavy atom. The van der Waals surface area contributed by atoms with Crippen molar-refractivity contribution < 1.29 is 99.0 Å². The van der Waals surface area contributed by atoms with Crippen LogP contribution in [0.1, 0.15) is 20.7 Å². The summed E-state index contributed by atoms with van der Waals surface area (Å²) in [7, 11) is 0. The number of carbonyl (C=O) groups is 2. The fourth-order valence-corrected chi connectivity index (χ4v) is 7.00. The van der Waals surface area contributed by atoms with Crippen molar-refractivity contribution in [3.8, 4) is 79.7 Å². The van der Waals surface area contributed by atoms with E-state index >= 15 is 0 Å². The number of ether oxygens (including phenoxy) is 3. The molecule has 4 aromatic carbocycles. The van der Waals surface area contributed by atoms with Crippen LogP contribution in [0.4, 0.5) is 0 Å². The second-order valence-electron chi connectivity index (χ2n) is 12.6. The van der Waals surface area contributed by atoms with E-state index in [0.29, 0.717) is 12.1 Å². The Labute approximate surface area is 304 Å². The number of aliphatic hydroxyl groups is 3. The lowest BCUT2D eigenvalue weighted by molar-refractivity contribution is -0.285. The smallest absolute Gasteiger partial charge is 0.345 e. The quantitative estimate of drug-likeness (QED) is 0.0418. The lowest BCUT2D eigenvalue weighted by atomic mass is 9.88. The van der Waals surface area contributed by atoms with E-state index in [9.17, 15) is 85.6 Å². The topological polar surface area (TPSA) is 385 Å². The van der Waals surface area contributed by atoms with E-state index in [2.05, 4.69) is 0 Å². The largest absolute Gasteiger partial charge is 0.504 e. The number of esters is 2. The Bertz CT molecular complexity index is 2870. The van der Waals surface area contributed by atoms with Gasteiger partial charge >= 0.3 is 23.2 Å². The third-order valence-electron chi connectivity index (χ3n) is 9.58. The van der Waals surface area contributed by atoms with E-state index in [4.69, 9.17) is 23.0 Å². The van der Waals surface area contributed by atoms with Crippen LogP contribution in [0.15, 0.2) is 30.6 Å². The SMILES string of the molecule is O=C1OC[C@@H]2O[C@H](O)[C@H](O)[C@@H](O)[C@H]2OC(=O)c2cc(O)c(O)c(O)c2-c2c(O)c(O)c3oc(=O)c4c(c(O)c(O)c5oc(=O)c2c3c54)-c2c1cc(O)c(O)c2O. The Morgan fingerprint density at radius 1 is 0.500 bits per heavy atom. The van der Waals surface area contributed by atoms with E-state index in [1.807, 2.05) is 0 Å². The summed E-state index contributed by atoms with van der Waals surface area (Å²) in [5.41, 5.74) is -11.8. The molecule has 0 radical (unpaired) electrons. The predicted molar refractivity (Wildman–Crippen MR) is 177 cm³/mol. The first-order valence-corrected chi connectivity index (χ1v) is 15.7. The maximum atomic E-state index is 14.0. The highest BCUT2D eigenvalue weighted by molar-refractivity contribution is 6.29. The number of rotatable bonds is 0. The molecule has 8 rings (SSSR count). The number of aliphatic hydroxyl groups excluding tert-OH is 3. The van der Waals surface area contributed by atoms with Crippen molar-refractivity contribution in [2.75, 3.05) is 6.61 Å². The standard InChI is InChI=1S/C34H22O22/c35-6-1-4-9(19(39)17(6)37)11-15-13-14-16(33(50)56-28(13)23(43)21(11)41)12(22(42)24(44)29(14)55-32(15)49)10-5(2-7(36)18(38)20(10)40)31(48)54-27-8(3-52-30(4)47)53-34(51)26(46)25(27)45/h1-2,8,25-27,34-46,51H,3H2/t8-,25+,26+,27-,34-/m0/s1. The zero-order valence-corrected chi connectivity index (χ0v) is 27.2. The van der Waals surface area contributed by atoms with Gasteiger partial charge in [0.1, 0.15) is 24.9 Å². The molecule has 2 aromatic heterocycles. The molecule has 22 heteroatoms. The highest BCUT2D eigenvalue weighted by Crippen LogP contribution is 2.58. The third kappa shape index (κ3) is 4.57. The van der Waals surface area contributed by atoms with Crippen molar-refractivity contribution in [3.05, 3.63) is 44.1 Å². The van der Waals surface area contributed by atoms with Gasteiger partial charge in [-0.25, -0.2) is 19.2 Å². The molecule has 13 N–H and O–H groups in total. The Balaban J connectivity index is 1.62. The molecular weight excluding hydrogens is 760 g/mol. The van der Waals surface area contributed by atoms with Gasteiger partial charge < -0.3 is 89.4 Å². The Hall–Kier alpha value is -7.40. The molecule has 0 aliphatic carbocycles. The first kappa shape index (κ1) is 35.6. The Morgan fingerprint density at radius 3 is 1.39 bits per heavy atom. The lowest BCUT2D eigenvalue weighted by Crippen LogP contribution is -2.60. The molecular formula is C34H22O22. The van der Waals surface area contributed by atoms with Crippen LogP contribution >= 0.6 is 0 Å². The molecule has 1 saturated heterocycles. The molecule has 5 atom stereocenters. The minimum Gasteiger partial charge on any atom is -0.504 e. The third-order valence-corrected chi connectivity index (χ3v) is 9.58. The molecule has 4 heterocycles. The highest BCUT2D eigenvalue weighted by atomic mass is 16.7. The maximum absolute atomic E-state index is 14.0. The molecule has 0 spiro atoms. The number of hydrogen-bond donors (Lipinski definition) is 13. The van der Waals surface area contributed by atoms with Crippen LogP contribution in [0.25, 0.3) is 55.0 Å². The van der Waals surface area contributed by atoms with Crippen molar-refractivity contribution in [1.29, 1.82) is 0 Å². The molecule has 2 aliphatic heterocycles. The summed E-state index contributed by atoms with van der Waals surface area (Å²) in [6.45, 7) is -1.15. The number of carbonyl (C=O) groups excluding carboxylic acids is 2. The molecule has 1 fully saturated rings. The van der Waals surface area contributed by atoms with Crippen LogP contribution in [-0.4, -0.2) is 116 Å². The fourth-order valence-electron chi connectivity index (χ4n) is 7.00. The van der Waals surface area contributed by atoms with Crippen molar-refractivity contribution in [1.82, 2.24) is 0 Å². The second-order valence-corrected chi connectivity index (χ2v) is 12.6. The molecule has 22 nitrogen and oxygen atoms in total. The van der Waals surface area contributed by atoms with Crippen LogP contribution in [0, 0.1) is 0 Å². The number of cyclic esters (lactones) is 1. The highest BCUT2D eigenvalue weighted by Gasteiger charge is 2.48. The van der Waals surface area contributed by atoms with Crippen LogP contribution in [-0.2, 0) is 14.2 Å². The van der Waals surface area contributed by atoms with Crippen LogP contribution in [0.2, 0.25) is 0 Å². The zero-order valence-electron chi connectivity index (χ0n) is 27.2. The zero-order chi connectivity index (χ0) is 40.6. The fraction of sp³-hybridized carbons (Fsp3) is 0.176. The summed E-state index contributed by atoms with van der Waals surface area (Å²) < 4.78 is 26.3. The summed E-state index contributed by atoms with van der Waals surface area (Å²) in [5.74, 6) is -17.2. The molecule has 0 unspecified atom stereocenters. The summed E-state index contributed by atoms with van der Waals surface area (Å²) >= 11 is 0. The van der Waals surface area contributed by atoms with E-state index in [1.54, 1.807) is 0 Å². The van der Waals surface area contributed by atoms with Crippen LogP contribution in [0.3, 0.4) is 0 Å². The number of phenols is 10. The van der Waals surface area contributed by atoms with Gasteiger partial charge in [0.25, 0.3) is 0 Å². The maximum Gasteiger partial charge on any atom is 0.345 e. The monoisotopic (exact) mass is 782 g/mol. The van der Waals surface area contributed by atoms with Gasteiger partial charge in [-0.1, -0.05) is 0 Å². The summed E-state index contributed by atoms with van der Waals surface area (Å²) in [6, 6.07) is 0.887. The van der Waals surface area contributed by atoms with Crippen molar-refractivity contribution >= 4 is 44.6 Å². The van der Waals surface area contributed by atoms with E-state index < -0.39 is 184 Å². The second kappa shape index (κ2) is 11.8. The molecule has 56 heavy (non-hydrogen) atoms. The molecule has 2 aliphatic rings. The van der Waals surface area contributed by atoms with Crippen LogP contribution in [0.5, 0.6) is 57.5 Å².